The van der Waals surface area contributed by atoms with Gasteiger partial charge in [-0.2, -0.15) is 0 Å². The molecule has 1 fully saturated rings. The maximum atomic E-state index is 12.9. The number of carbonyl (C=O) groups excluding carboxylic acids is 5. The van der Waals surface area contributed by atoms with Crippen LogP contribution in [0, 0.1) is 0 Å². The van der Waals surface area contributed by atoms with E-state index in [4.69, 9.17) is 0 Å². The molecule has 2 N–H and O–H groups in total. The van der Waals surface area contributed by atoms with Crippen molar-refractivity contribution in [2.45, 2.75) is 38.6 Å². The van der Waals surface area contributed by atoms with Gasteiger partial charge >= 0.3 is 0 Å². The number of hydrogen-bond acceptors (Lipinski definition) is 5. The van der Waals surface area contributed by atoms with Gasteiger partial charge in [-0.15, -0.1) is 0 Å². The Balaban J connectivity index is 1.88. The number of nitrogens with zero attached hydrogens (tertiary/aromatic N) is 1. The highest BCUT2D eigenvalue weighted by atomic mass is 16.2. The number of nitrogens with one attached hydrogen (secondary N) is 2. The summed E-state index contributed by atoms with van der Waals surface area (Å²) in [4.78, 5) is 61.8. The molecular formula is C18H19N3O5. The summed E-state index contributed by atoms with van der Waals surface area (Å²) in [6.07, 6.45) is 0.934. The number of imide groups is 2. The standard InChI is InChI=1S/C18H19N3O5/c1-2-8-19-14(23)9-10-4-3-5-11-15(10)18(26)21(17(11)25)12-6-7-13(22)20-16(12)24/h3-5,12H,2,6-9H2,1H3,(H,19,23)(H,20,22,24). The highest BCUT2D eigenvalue weighted by molar-refractivity contribution is 6.24. The molecule has 0 saturated carbocycles. The molecule has 0 aliphatic carbocycles. The molecule has 3 rings (SSSR count). The van der Waals surface area contributed by atoms with Crippen LogP contribution in [0.25, 0.3) is 0 Å². The molecule has 1 aromatic rings. The zero-order valence-corrected chi connectivity index (χ0v) is 14.3. The maximum absolute atomic E-state index is 12.9. The quantitative estimate of drug-likeness (QED) is 0.729. The summed E-state index contributed by atoms with van der Waals surface area (Å²) in [7, 11) is 0. The zero-order chi connectivity index (χ0) is 18.8. The molecule has 1 atom stereocenters. The van der Waals surface area contributed by atoms with E-state index in [1.165, 1.54) is 6.07 Å². The van der Waals surface area contributed by atoms with Gasteiger partial charge in [0, 0.05) is 13.0 Å². The highest BCUT2D eigenvalue weighted by Gasteiger charge is 2.45. The van der Waals surface area contributed by atoms with E-state index >= 15 is 0 Å². The first-order valence-corrected chi connectivity index (χ1v) is 8.54. The minimum Gasteiger partial charge on any atom is -0.356 e. The zero-order valence-electron chi connectivity index (χ0n) is 14.3. The van der Waals surface area contributed by atoms with E-state index in [1.54, 1.807) is 12.1 Å². The monoisotopic (exact) mass is 357 g/mol. The van der Waals surface area contributed by atoms with Crippen molar-refractivity contribution in [3.05, 3.63) is 34.9 Å². The molecule has 8 heteroatoms. The molecule has 26 heavy (non-hydrogen) atoms. The Morgan fingerprint density at radius 3 is 2.69 bits per heavy atom. The van der Waals surface area contributed by atoms with Gasteiger partial charge in [-0.25, -0.2) is 0 Å². The average Bonchev–Trinajstić information content (AvgIpc) is 2.85. The molecule has 136 valence electrons. The molecule has 0 aromatic heterocycles. The van der Waals surface area contributed by atoms with Gasteiger partial charge in [-0.05, 0) is 24.5 Å². The number of amides is 5. The van der Waals surface area contributed by atoms with Crippen LogP contribution < -0.4 is 10.6 Å². The van der Waals surface area contributed by atoms with Crippen molar-refractivity contribution in [1.82, 2.24) is 15.5 Å². The molecule has 0 radical (unpaired) electrons. The Hall–Kier alpha value is -3.03. The Labute approximate surface area is 149 Å². The van der Waals surface area contributed by atoms with Crippen LogP contribution in [0.2, 0.25) is 0 Å². The van der Waals surface area contributed by atoms with Crippen LogP contribution >= 0.6 is 0 Å². The van der Waals surface area contributed by atoms with Crippen LogP contribution in [0.5, 0.6) is 0 Å². The van der Waals surface area contributed by atoms with E-state index in [0.717, 1.165) is 11.3 Å². The minimum atomic E-state index is -1.01. The Morgan fingerprint density at radius 1 is 1.23 bits per heavy atom. The lowest BCUT2D eigenvalue weighted by molar-refractivity contribution is -0.136. The van der Waals surface area contributed by atoms with E-state index < -0.39 is 29.7 Å². The van der Waals surface area contributed by atoms with Crippen LogP contribution in [0.3, 0.4) is 0 Å². The summed E-state index contributed by atoms with van der Waals surface area (Å²) in [5.41, 5.74) is 0.790. The first-order valence-electron chi connectivity index (χ1n) is 8.54. The minimum absolute atomic E-state index is 0.0224. The van der Waals surface area contributed by atoms with Gasteiger partial charge in [0.25, 0.3) is 11.8 Å². The van der Waals surface area contributed by atoms with E-state index in [0.29, 0.717) is 12.1 Å². The van der Waals surface area contributed by atoms with Crippen molar-refractivity contribution in [2.24, 2.45) is 0 Å². The normalized spacial score (nSPS) is 19.4. The fourth-order valence-corrected chi connectivity index (χ4v) is 3.23. The van der Waals surface area contributed by atoms with Gasteiger partial charge in [0.1, 0.15) is 6.04 Å². The summed E-state index contributed by atoms with van der Waals surface area (Å²) in [5.74, 6) is -2.48. The van der Waals surface area contributed by atoms with E-state index in [2.05, 4.69) is 10.6 Å². The smallest absolute Gasteiger partial charge is 0.262 e. The molecule has 2 aliphatic rings. The molecule has 0 bridgehead atoms. The lowest BCUT2D eigenvalue weighted by Gasteiger charge is -2.27. The number of fused-ring (bicyclic) bond motifs is 1. The summed E-state index contributed by atoms with van der Waals surface area (Å²) in [5, 5.41) is 4.89. The fraction of sp³-hybridized carbons (Fsp3) is 0.389. The molecule has 1 aromatic carbocycles. The Bertz CT molecular complexity index is 817. The topological polar surface area (TPSA) is 113 Å². The van der Waals surface area contributed by atoms with Crippen molar-refractivity contribution in [3.8, 4) is 0 Å². The van der Waals surface area contributed by atoms with Crippen LogP contribution in [0.4, 0.5) is 0 Å². The third-order valence-electron chi connectivity index (χ3n) is 4.48. The SMILES string of the molecule is CCCNC(=O)Cc1cccc2c1C(=O)N(C1CCC(=O)NC1=O)C2=O. The maximum Gasteiger partial charge on any atom is 0.262 e. The molecule has 2 aliphatic heterocycles. The highest BCUT2D eigenvalue weighted by Crippen LogP contribution is 2.30. The van der Waals surface area contributed by atoms with Gasteiger partial charge in [0.05, 0.1) is 17.5 Å². The molecule has 1 saturated heterocycles. The van der Waals surface area contributed by atoms with Crippen molar-refractivity contribution in [2.75, 3.05) is 6.54 Å². The molecule has 0 spiro atoms. The lowest BCUT2D eigenvalue weighted by Crippen LogP contribution is -2.54. The van der Waals surface area contributed by atoms with E-state index in [-0.39, 0.29) is 36.3 Å². The first kappa shape index (κ1) is 17.8. The molecular weight excluding hydrogens is 338 g/mol. The Morgan fingerprint density at radius 2 is 2.00 bits per heavy atom. The number of rotatable bonds is 5. The van der Waals surface area contributed by atoms with Gasteiger partial charge in [0.2, 0.25) is 17.7 Å². The average molecular weight is 357 g/mol. The second-order valence-electron chi connectivity index (χ2n) is 6.31. The Kier molecular flexibility index (Phi) is 4.83. The summed E-state index contributed by atoms with van der Waals surface area (Å²) >= 11 is 0. The van der Waals surface area contributed by atoms with Gasteiger partial charge < -0.3 is 5.32 Å². The van der Waals surface area contributed by atoms with Crippen LogP contribution in [-0.2, 0) is 20.8 Å². The summed E-state index contributed by atoms with van der Waals surface area (Å²) in [6.45, 7) is 2.46. The van der Waals surface area contributed by atoms with E-state index in [9.17, 15) is 24.0 Å². The number of benzene rings is 1. The second-order valence-corrected chi connectivity index (χ2v) is 6.31. The third kappa shape index (κ3) is 3.10. The fourth-order valence-electron chi connectivity index (χ4n) is 3.23. The first-order chi connectivity index (χ1) is 12.4. The van der Waals surface area contributed by atoms with Gasteiger partial charge in [0.15, 0.2) is 0 Å². The molecule has 2 heterocycles. The number of hydrogen-bond donors (Lipinski definition) is 2. The number of piperidine rings is 1. The van der Waals surface area contributed by atoms with Crippen molar-refractivity contribution >= 4 is 29.5 Å². The predicted molar refractivity (Wildman–Crippen MR) is 90.1 cm³/mol. The van der Waals surface area contributed by atoms with Gasteiger partial charge in [-0.1, -0.05) is 19.1 Å². The molecule has 8 nitrogen and oxygen atoms in total. The summed E-state index contributed by atoms with van der Waals surface area (Å²) < 4.78 is 0. The van der Waals surface area contributed by atoms with Crippen LogP contribution in [0.15, 0.2) is 18.2 Å². The third-order valence-corrected chi connectivity index (χ3v) is 4.48. The second kappa shape index (κ2) is 7.07. The predicted octanol–water partition coefficient (Wildman–Crippen LogP) is 0.156. The van der Waals surface area contributed by atoms with Crippen molar-refractivity contribution < 1.29 is 24.0 Å². The van der Waals surface area contributed by atoms with Gasteiger partial charge in [-0.3, -0.25) is 34.2 Å². The lowest BCUT2D eigenvalue weighted by atomic mass is 10.00. The largest absolute Gasteiger partial charge is 0.356 e. The van der Waals surface area contributed by atoms with Crippen LogP contribution in [-0.4, -0.2) is 47.0 Å². The molecule has 5 amide bonds. The van der Waals surface area contributed by atoms with Crippen molar-refractivity contribution in [1.29, 1.82) is 0 Å². The van der Waals surface area contributed by atoms with E-state index in [1.807, 2.05) is 6.92 Å². The summed E-state index contributed by atoms with van der Waals surface area (Å²) in [6, 6.07) is 3.74. The van der Waals surface area contributed by atoms with Crippen molar-refractivity contribution in [3.63, 3.8) is 0 Å². The number of carbonyl (C=O) groups is 5. The van der Waals surface area contributed by atoms with Crippen LogP contribution in [0.1, 0.15) is 52.5 Å². The molecule has 1 unspecified atom stereocenters.